The van der Waals surface area contributed by atoms with Crippen molar-refractivity contribution in [1.29, 1.82) is 0 Å². The molecule has 0 aliphatic carbocycles. The Balaban J connectivity index is 1.56. The summed E-state index contributed by atoms with van der Waals surface area (Å²) in [7, 11) is 0. The third-order valence-electron chi connectivity index (χ3n) is 5.87. The average Bonchev–Trinajstić information content (AvgIpc) is 2.81. The lowest BCUT2D eigenvalue weighted by Crippen LogP contribution is -2.51. The Morgan fingerprint density at radius 3 is 2.38 bits per heavy atom. The molecule has 2 aliphatic heterocycles. The second kappa shape index (κ2) is 10.2. The Labute approximate surface area is 195 Å². The fourth-order valence-electron chi connectivity index (χ4n) is 4.17. The number of nitrogens with one attached hydrogen (secondary N) is 2. The molecule has 0 saturated carbocycles. The number of hydrogen-bond acceptors (Lipinski definition) is 5. The lowest BCUT2D eigenvalue weighted by molar-refractivity contribution is -0.139. The summed E-state index contributed by atoms with van der Waals surface area (Å²) in [5, 5.41) is 5.31. The van der Waals surface area contributed by atoms with Gasteiger partial charge in [-0.2, -0.15) is 0 Å². The molecule has 180 valence electrons. The number of hydrogen-bond donors (Lipinski definition) is 2. The number of piperazine rings is 1. The first-order valence-corrected chi connectivity index (χ1v) is 11.0. The second-order valence-corrected chi connectivity index (χ2v) is 8.06. The van der Waals surface area contributed by atoms with Crippen LogP contribution in [0, 0.1) is 17.5 Å². The molecule has 0 spiro atoms. The Morgan fingerprint density at radius 2 is 1.74 bits per heavy atom. The SMILES string of the molecule is CCOC(=O)C1=C(CN2CCN(c3ccc(F)cc3)CC2)NC(=O)N[C@@H]1c1ccc(F)c(F)c1. The van der Waals surface area contributed by atoms with Crippen LogP contribution in [0.25, 0.3) is 0 Å². The van der Waals surface area contributed by atoms with E-state index in [1.807, 2.05) is 0 Å². The number of benzene rings is 2. The minimum atomic E-state index is -1.08. The van der Waals surface area contributed by atoms with Crippen molar-refractivity contribution in [3.8, 4) is 0 Å². The van der Waals surface area contributed by atoms with E-state index in [1.54, 1.807) is 19.1 Å². The number of nitrogens with zero attached hydrogens (tertiary/aromatic N) is 2. The minimum Gasteiger partial charge on any atom is -0.463 e. The summed E-state index contributed by atoms with van der Waals surface area (Å²) < 4.78 is 45.8. The number of halogens is 3. The van der Waals surface area contributed by atoms with E-state index < -0.39 is 29.7 Å². The molecular weight excluding hydrogens is 449 g/mol. The molecule has 2 amide bonds. The van der Waals surface area contributed by atoms with Crippen molar-refractivity contribution in [2.75, 3.05) is 44.2 Å². The molecule has 2 aromatic carbocycles. The Morgan fingerprint density at radius 1 is 1.03 bits per heavy atom. The number of carbonyl (C=O) groups excluding carboxylic acids is 2. The van der Waals surface area contributed by atoms with Crippen LogP contribution in [0.5, 0.6) is 0 Å². The van der Waals surface area contributed by atoms with Gasteiger partial charge in [0.2, 0.25) is 0 Å². The van der Waals surface area contributed by atoms with Crippen LogP contribution in [0.3, 0.4) is 0 Å². The zero-order chi connectivity index (χ0) is 24.2. The summed E-state index contributed by atoms with van der Waals surface area (Å²) >= 11 is 0. The number of urea groups is 1. The van der Waals surface area contributed by atoms with Gasteiger partial charge in [0.15, 0.2) is 11.6 Å². The highest BCUT2D eigenvalue weighted by atomic mass is 19.2. The predicted octanol–water partition coefficient (Wildman–Crippen LogP) is 3.10. The fraction of sp³-hybridized carbons (Fsp3) is 0.333. The quantitative estimate of drug-likeness (QED) is 0.630. The highest BCUT2D eigenvalue weighted by Gasteiger charge is 2.35. The maximum absolute atomic E-state index is 13.9. The van der Waals surface area contributed by atoms with E-state index in [9.17, 15) is 22.8 Å². The van der Waals surface area contributed by atoms with Gasteiger partial charge in [-0.25, -0.2) is 22.8 Å². The van der Waals surface area contributed by atoms with E-state index in [0.29, 0.717) is 31.9 Å². The van der Waals surface area contributed by atoms with Gasteiger partial charge in [-0.1, -0.05) is 6.07 Å². The van der Waals surface area contributed by atoms with E-state index in [1.165, 1.54) is 18.2 Å². The summed E-state index contributed by atoms with van der Waals surface area (Å²) in [6, 6.07) is 7.99. The van der Waals surface area contributed by atoms with Gasteiger partial charge in [0.05, 0.1) is 18.2 Å². The van der Waals surface area contributed by atoms with Gasteiger partial charge in [-0.3, -0.25) is 4.90 Å². The molecule has 7 nitrogen and oxygen atoms in total. The van der Waals surface area contributed by atoms with E-state index in [0.717, 1.165) is 17.8 Å². The number of rotatable bonds is 6. The number of anilines is 1. The summed E-state index contributed by atoms with van der Waals surface area (Å²) in [6.45, 7) is 4.66. The monoisotopic (exact) mass is 474 g/mol. The summed E-state index contributed by atoms with van der Waals surface area (Å²) in [5.41, 5.74) is 1.65. The fourth-order valence-corrected chi connectivity index (χ4v) is 4.17. The van der Waals surface area contributed by atoms with Crippen LogP contribution >= 0.6 is 0 Å². The largest absolute Gasteiger partial charge is 0.463 e. The molecule has 2 aromatic rings. The number of carbonyl (C=O) groups is 2. The van der Waals surface area contributed by atoms with E-state index >= 15 is 0 Å². The molecule has 1 atom stereocenters. The molecule has 2 heterocycles. The van der Waals surface area contributed by atoms with Crippen LogP contribution in [0.1, 0.15) is 18.5 Å². The van der Waals surface area contributed by atoms with Gasteiger partial charge >= 0.3 is 12.0 Å². The van der Waals surface area contributed by atoms with Crippen molar-refractivity contribution in [3.63, 3.8) is 0 Å². The van der Waals surface area contributed by atoms with Crippen LogP contribution < -0.4 is 15.5 Å². The predicted molar refractivity (Wildman–Crippen MR) is 119 cm³/mol. The molecule has 0 aromatic heterocycles. The van der Waals surface area contributed by atoms with Crippen molar-refractivity contribution in [1.82, 2.24) is 15.5 Å². The zero-order valence-corrected chi connectivity index (χ0v) is 18.6. The maximum atomic E-state index is 13.9. The standard InChI is InChI=1S/C24H25F3N4O3/c1-2-34-23(32)21-20(28-24(33)29-22(21)15-3-8-18(26)19(27)13-15)14-30-9-11-31(12-10-30)17-6-4-16(25)5-7-17/h3-8,13,22H,2,9-12,14H2,1H3,(H2,28,29,33)/t22-/m1/s1. The summed E-state index contributed by atoms with van der Waals surface area (Å²) in [5.74, 6) is -3.04. The number of amides is 2. The molecule has 4 rings (SSSR count). The van der Waals surface area contributed by atoms with Crippen molar-refractivity contribution < 1.29 is 27.5 Å². The maximum Gasteiger partial charge on any atom is 0.338 e. The molecule has 10 heteroatoms. The number of esters is 1. The van der Waals surface area contributed by atoms with Crippen LogP contribution in [0.4, 0.5) is 23.7 Å². The van der Waals surface area contributed by atoms with Gasteiger partial charge in [-0.05, 0) is 48.9 Å². The summed E-state index contributed by atoms with van der Waals surface area (Å²) in [6.07, 6.45) is 0. The third kappa shape index (κ3) is 5.17. The van der Waals surface area contributed by atoms with Gasteiger partial charge in [0.25, 0.3) is 0 Å². The van der Waals surface area contributed by atoms with Crippen LogP contribution in [0.2, 0.25) is 0 Å². The topological polar surface area (TPSA) is 73.9 Å². The first kappa shape index (κ1) is 23.6. The highest BCUT2D eigenvalue weighted by molar-refractivity contribution is 5.95. The Bertz CT molecular complexity index is 1100. The average molecular weight is 474 g/mol. The zero-order valence-electron chi connectivity index (χ0n) is 18.6. The van der Waals surface area contributed by atoms with Crippen LogP contribution in [-0.4, -0.2) is 56.2 Å². The van der Waals surface area contributed by atoms with Crippen molar-refractivity contribution in [2.45, 2.75) is 13.0 Å². The molecule has 0 unspecified atom stereocenters. The van der Waals surface area contributed by atoms with Crippen molar-refractivity contribution in [3.05, 3.63) is 76.7 Å². The van der Waals surface area contributed by atoms with Crippen molar-refractivity contribution >= 4 is 17.7 Å². The van der Waals surface area contributed by atoms with Gasteiger partial charge in [-0.15, -0.1) is 0 Å². The van der Waals surface area contributed by atoms with E-state index in [4.69, 9.17) is 4.74 Å². The Kier molecular flexibility index (Phi) is 7.06. The van der Waals surface area contributed by atoms with Crippen molar-refractivity contribution in [2.24, 2.45) is 0 Å². The van der Waals surface area contributed by atoms with Crippen LogP contribution in [0.15, 0.2) is 53.7 Å². The molecule has 1 saturated heterocycles. The number of ether oxygens (including phenoxy) is 1. The van der Waals surface area contributed by atoms with Gasteiger partial charge in [0.1, 0.15) is 5.82 Å². The molecule has 0 radical (unpaired) electrons. The first-order chi connectivity index (χ1) is 16.4. The molecule has 34 heavy (non-hydrogen) atoms. The molecular formula is C24H25F3N4O3. The second-order valence-electron chi connectivity index (χ2n) is 8.06. The smallest absolute Gasteiger partial charge is 0.338 e. The molecule has 2 aliphatic rings. The minimum absolute atomic E-state index is 0.115. The molecule has 2 N–H and O–H groups in total. The van der Waals surface area contributed by atoms with Gasteiger partial charge < -0.3 is 20.3 Å². The third-order valence-corrected chi connectivity index (χ3v) is 5.87. The lowest BCUT2D eigenvalue weighted by Gasteiger charge is -2.38. The normalized spacial score (nSPS) is 19.0. The highest BCUT2D eigenvalue weighted by Crippen LogP contribution is 2.29. The van der Waals surface area contributed by atoms with Crippen LogP contribution in [-0.2, 0) is 9.53 Å². The Hall–Kier alpha value is -3.53. The summed E-state index contributed by atoms with van der Waals surface area (Å²) in [4.78, 5) is 29.5. The van der Waals surface area contributed by atoms with Gasteiger partial charge in [0, 0.05) is 44.1 Å². The first-order valence-electron chi connectivity index (χ1n) is 11.0. The lowest BCUT2D eigenvalue weighted by atomic mass is 9.94. The molecule has 1 fully saturated rings. The van der Waals surface area contributed by atoms with E-state index in [-0.39, 0.29) is 30.1 Å². The molecule has 0 bridgehead atoms. The van der Waals surface area contributed by atoms with E-state index in [2.05, 4.69) is 20.4 Å².